The van der Waals surface area contributed by atoms with Crippen LogP contribution < -0.4 is 28.1 Å². The molecule has 46 valence electrons. The summed E-state index contributed by atoms with van der Waals surface area (Å²) in [6.45, 7) is 3.31. The number of amidine groups is 1. The second kappa shape index (κ2) is 6.82. The van der Waals surface area contributed by atoms with Crippen LogP contribution in [0.1, 0.15) is 0 Å². The maximum atomic E-state index is 5.04. The molecule has 0 saturated carbocycles. The summed E-state index contributed by atoms with van der Waals surface area (Å²) in [7, 11) is 0. The lowest BCUT2D eigenvalue weighted by atomic mass is 11.0. The maximum Gasteiger partial charge on any atom is 0.304 e. The minimum absolute atomic E-state index is 0. The van der Waals surface area contributed by atoms with E-state index in [2.05, 4.69) is 12.3 Å². The van der Waals surface area contributed by atoms with E-state index in [-0.39, 0.29) is 17.0 Å². The average molecular weight is 195 g/mol. The predicted octanol–water partition coefficient (Wildman–Crippen LogP) is -3.90. The highest BCUT2D eigenvalue weighted by Gasteiger charge is 1.85. The summed E-state index contributed by atoms with van der Waals surface area (Å²) in [5.41, 5.74) is 7.54. The molecule has 0 aliphatic carbocycles. The van der Waals surface area contributed by atoms with E-state index in [1.807, 2.05) is 0 Å². The molecular formula is C4H7BrN2S. The lowest BCUT2D eigenvalue weighted by molar-refractivity contribution is -0.109. The molecular weight excluding hydrogens is 188 g/mol. The first-order valence-corrected chi connectivity index (χ1v) is 2.54. The first-order valence-electron chi connectivity index (χ1n) is 1.66. The molecule has 0 aliphatic heterocycles. The summed E-state index contributed by atoms with van der Waals surface area (Å²) in [4.78, 5) is 0. The van der Waals surface area contributed by atoms with Crippen LogP contribution in [0.25, 0.3) is 0 Å². The molecule has 0 aromatic rings. The Morgan fingerprint density at radius 1 is 1.88 bits per heavy atom. The van der Waals surface area contributed by atoms with Crippen molar-refractivity contribution in [2.24, 2.45) is 5.73 Å². The number of nitrogens with two attached hydrogens (primary N) is 2. The van der Waals surface area contributed by atoms with E-state index in [9.17, 15) is 0 Å². The Balaban J connectivity index is 0. The van der Waals surface area contributed by atoms with E-state index in [1.54, 1.807) is 5.41 Å². The van der Waals surface area contributed by atoms with Crippen LogP contribution in [0.15, 0.2) is 17.7 Å². The molecule has 0 unspecified atom stereocenters. The van der Waals surface area contributed by atoms with Crippen molar-refractivity contribution in [1.29, 1.82) is 0 Å². The summed E-state index contributed by atoms with van der Waals surface area (Å²) >= 11 is 1.20. The third kappa shape index (κ3) is 9.27. The molecule has 0 fully saturated rings. The topological polar surface area (TPSA) is 51.6 Å². The van der Waals surface area contributed by atoms with Crippen molar-refractivity contribution >= 4 is 16.9 Å². The van der Waals surface area contributed by atoms with E-state index in [1.165, 1.54) is 11.8 Å². The van der Waals surface area contributed by atoms with Gasteiger partial charge in [0.25, 0.3) is 0 Å². The summed E-state index contributed by atoms with van der Waals surface area (Å²) < 4.78 is 0. The molecule has 0 heterocycles. The van der Waals surface area contributed by atoms with Gasteiger partial charge in [-0.15, -0.1) is 5.73 Å². The predicted molar refractivity (Wildman–Crippen MR) is 32.4 cm³/mol. The molecule has 0 aromatic heterocycles. The normalized spacial score (nSPS) is 6.00. The van der Waals surface area contributed by atoms with Crippen molar-refractivity contribution in [2.45, 2.75) is 0 Å². The fourth-order valence-electron chi connectivity index (χ4n) is 0.110. The van der Waals surface area contributed by atoms with E-state index in [0.717, 1.165) is 0 Å². The van der Waals surface area contributed by atoms with Crippen molar-refractivity contribution < 1.29 is 22.4 Å². The Bertz CT molecular complexity index is 117. The van der Waals surface area contributed by atoms with Crippen LogP contribution in [0.4, 0.5) is 0 Å². The van der Waals surface area contributed by atoms with E-state index >= 15 is 0 Å². The zero-order chi connectivity index (χ0) is 5.70. The van der Waals surface area contributed by atoms with E-state index in [0.29, 0.717) is 5.17 Å². The van der Waals surface area contributed by atoms with Gasteiger partial charge in [0, 0.05) is 5.41 Å². The molecule has 0 saturated heterocycles. The number of hydrogen-bond acceptors (Lipinski definition) is 1. The van der Waals surface area contributed by atoms with E-state index < -0.39 is 0 Å². The fraction of sp³-hybridized carbons (Fsp3) is 0. The lowest BCUT2D eigenvalue weighted by Gasteiger charge is -1.73. The molecule has 0 radical (unpaired) electrons. The third-order valence-electron chi connectivity index (χ3n) is 0.278. The number of hydrogen-bond donors (Lipinski definition) is 2. The third-order valence-corrected chi connectivity index (χ3v) is 0.835. The van der Waals surface area contributed by atoms with Crippen LogP contribution >= 0.6 is 11.8 Å². The van der Waals surface area contributed by atoms with Crippen LogP contribution in [-0.2, 0) is 0 Å². The van der Waals surface area contributed by atoms with E-state index in [4.69, 9.17) is 11.1 Å². The minimum atomic E-state index is 0. The van der Waals surface area contributed by atoms with Crippen LogP contribution in [-0.4, -0.2) is 5.17 Å². The van der Waals surface area contributed by atoms with Gasteiger partial charge in [-0.25, -0.2) is 0 Å². The van der Waals surface area contributed by atoms with Crippen molar-refractivity contribution in [1.82, 2.24) is 0 Å². The van der Waals surface area contributed by atoms with Crippen LogP contribution in [0, 0.1) is 0 Å². The molecule has 0 amide bonds. The van der Waals surface area contributed by atoms with Crippen molar-refractivity contribution in [3.63, 3.8) is 0 Å². The molecule has 0 aromatic carbocycles. The SMILES string of the molecule is C=C=CSC(N)=[NH2+].[Br-]. The van der Waals surface area contributed by atoms with Gasteiger partial charge in [-0.3, -0.25) is 11.1 Å². The van der Waals surface area contributed by atoms with Gasteiger partial charge in [0.15, 0.2) is 0 Å². The quantitative estimate of drug-likeness (QED) is 0.255. The van der Waals surface area contributed by atoms with Crippen LogP contribution in [0.3, 0.4) is 0 Å². The Labute approximate surface area is 63.1 Å². The van der Waals surface area contributed by atoms with Gasteiger partial charge in [0.05, 0.1) is 0 Å². The minimum Gasteiger partial charge on any atom is -1.00 e. The van der Waals surface area contributed by atoms with Crippen LogP contribution in [0.5, 0.6) is 0 Å². The Morgan fingerprint density at radius 3 is 2.50 bits per heavy atom. The summed E-state index contributed by atoms with van der Waals surface area (Å²) in [5.74, 6) is 0. The van der Waals surface area contributed by atoms with Crippen molar-refractivity contribution in [2.75, 3.05) is 0 Å². The Morgan fingerprint density at radius 2 is 2.38 bits per heavy atom. The molecule has 2 nitrogen and oxygen atoms in total. The van der Waals surface area contributed by atoms with Gasteiger partial charge in [0.1, 0.15) is 0 Å². The summed E-state index contributed by atoms with van der Waals surface area (Å²) in [5, 5.41) is 6.95. The zero-order valence-corrected chi connectivity index (χ0v) is 6.63. The highest BCUT2D eigenvalue weighted by atomic mass is 79.9. The first kappa shape index (κ1) is 10.7. The van der Waals surface area contributed by atoms with Gasteiger partial charge < -0.3 is 17.0 Å². The van der Waals surface area contributed by atoms with Gasteiger partial charge in [-0.1, -0.05) is 6.58 Å². The number of rotatable bonds is 1. The number of thioether (sulfide) groups is 1. The second-order valence-corrected chi connectivity index (χ2v) is 1.79. The molecule has 0 atom stereocenters. The molecule has 0 bridgehead atoms. The molecule has 8 heavy (non-hydrogen) atoms. The molecule has 4 heteroatoms. The number of halogens is 1. The summed E-state index contributed by atoms with van der Waals surface area (Å²) in [6.07, 6.45) is 0. The summed E-state index contributed by atoms with van der Waals surface area (Å²) in [6, 6.07) is 0. The first-order chi connectivity index (χ1) is 3.27. The van der Waals surface area contributed by atoms with Gasteiger partial charge >= 0.3 is 5.17 Å². The molecule has 0 spiro atoms. The molecule has 0 aliphatic rings. The largest absolute Gasteiger partial charge is 1.00 e. The van der Waals surface area contributed by atoms with Gasteiger partial charge in [-0.05, 0) is 11.8 Å². The second-order valence-electron chi connectivity index (χ2n) is 0.842. The standard InChI is InChI=1S/C4H6N2S.BrH/c1-2-3-7-4(5)6;/h3H,1H2,(H3,5,6);1H. The smallest absolute Gasteiger partial charge is 0.304 e. The Hall–Kier alpha value is -0.180. The van der Waals surface area contributed by atoms with Crippen LogP contribution in [0.2, 0.25) is 0 Å². The Kier molecular flexibility index (Phi) is 9.15. The molecule has 4 N–H and O–H groups in total. The van der Waals surface area contributed by atoms with Gasteiger partial charge in [0.2, 0.25) is 0 Å². The van der Waals surface area contributed by atoms with Gasteiger partial charge in [-0.2, -0.15) is 0 Å². The fourth-order valence-corrected chi connectivity index (χ4v) is 0.329. The molecule has 0 rings (SSSR count). The highest BCUT2D eigenvalue weighted by Crippen LogP contribution is 1.93. The monoisotopic (exact) mass is 194 g/mol. The average Bonchev–Trinajstić information content (AvgIpc) is 1.61. The van der Waals surface area contributed by atoms with Crippen molar-refractivity contribution in [3.05, 3.63) is 17.7 Å². The maximum absolute atomic E-state index is 5.04. The zero-order valence-electron chi connectivity index (χ0n) is 4.23. The highest BCUT2D eigenvalue weighted by molar-refractivity contribution is 8.15. The lowest BCUT2D eigenvalue weighted by Crippen LogP contribution is -3.00. The van der Waals surface area contributed by atoms with Crippen molar-refractivity contribution in [3.8, 4) is 0 Å².